The number of halogens is 1. The van der Waals surface area contributed by atoms with Crippen LogP contribution in [0.2, 0.25) is 5.02 Å². The largest absolute Gasteiger partial charge is 0.286 e. The second-order valence-corrected chi connectivity index (χ2v) is 9.96. The summed E-state index contributed by atoms with van der Waals surface area (Å²) >= 11 is 7.68. The topological polar surface area (TPSA) is 66.8 Å². The monoisotopic (exact) mass is 422 g/mol. The SMILES string of the molecule is Cc1c(Cl)cccc1N=C1SCCN1C(=O)c1ccc(CS(C)(=O)=O)cc1. The summed E-state index contributed by atoms with van der Waals surface area (Å²) in [6.45, 7) is 2.47. The van der Waals surface area contributed by atoms with Crippen molar-refractivity contribution in [1.29, 1.82) is 0 Å². The van der Waals surface area contributed by atoms with Crippen molar-refractivity contribution >= 4 is 50.0 Å². The molecule has 0 atom stereocenters. The number of carbonyl (C=O) groups is 1. The molecule has 0 N–H and O–H groups in total. The summed E-state index contributed by atoms with van der Waals surface area (Å²) in [5.74, 6) is 0.586. The number of carbonyl (C=O) groups excluding carboxylic acids is 1. The van der Waals surface area contributed by atoms with E-state index in [4.69, 9.17) is 11.6 Å². The third kappa shape index (κ3) is 4.91. The number of hydrogen-bond donors (Lipinski definition) is 0. The van der Waals surface area contributed by atoms with Gasteiger partial charge in [0.2, 0.25) is 0 Å². The first kappa shape index (κ1) is 19.9. The Balaban J connectivity index is 1.83. The molecular formula is C19H19ClN2O3S2. The van der Waals surface area contributed by atoms with Crippen molar-refractivity contribution in [2.75, 3.05) is 18.6 Å². The number of thioether (sulfide) groups is 1. The Morgan fingerprint density at radius 3 is 2.59 bits per heavy atom. The van der Waals surface area contributed by atoms with Gasteiger partial charge in [0, 0.05) is 29.1 Å². The summed E-state index contributed by atoms with van der Waals surface area (Å²) in [6.07, 6.45) is 1.19. The highest BCUT2D eigenvalue weighted by atomic mass is 35.5. The summed E-state index contributed by atoms with van der Waals surface area (Å²) < 4.78 is 22.8. The molecule has 0 aromatic heterocycles. The number of aliphatic imine (C=N–C) groups is 1. The summed E-state index contributed by atoms with van der Waals surface area (Å²) in [5.41, 5.74) is 2.78. The van der Waals surface area contributed by atoms with Gasteiger partial charge in [-0.3, -0.25) is 9.69 Å². The van der Waals surface area contributed by atoms with Crippen LogP contribution in [0.4, 0.5) is 5.69 Å². The predicted octanol–water partition coefficient (Wildman–Crippen LogP) is 4.07. The van der Waals surface area contributed by atoms with Crippen LogP contribution in [-0.4, -0.2) is 42.9 Å². The van der Waals surface area contributed by atoms with Crippen molar-refractivity contribution in [3.63, 3.8) is 0 Å². The van der Waals surface area contributed by atoms with E-state index in [1.165, 1.54) is 18.0 Å². The lowest BCUT2D eigenvalue weighted by Gasteiger charge is -2.16. The van der Waals surface area contributed by atoms with Crippen LogP contribution in [0, 0.1) is 6.92 Å². The molecule has 0 saturated carbocycles. The molecular weight excluding hydrogens is 404 g/mol. The van der Waals surface area contributed by atoms with E-state index in [1.54, 1.807) is 29.2 Å². The second kappa shape index (κ2) is 8.04. The molecule has 27 heavy (non-hydrogen) atoms. The Kier molecular flexibility index (Phi) is 5.93. The number of hydrogen-bond acceptors (Lipinski definition) is 5. The van der Waals surface area contributed by atoms with Gasteiger partial charge >= 0.3 is 0 Å². The maximum absolute atomic E-state index is 12.9. The van der Waals surface area contributed by atoms with Gasteiger partial charge in [-0.25, -0.2) is 13.4 Å². The van der Waals surface area contributed by atoms with Crippen molar-refractivity contribution in [1.82, 2.24) is 4.90 Å². The van der Waals surface area contributed by atoms with Gasteiger partial charge in [0.15, 0.2) is 15.0 Å². The van der Waals surface area contributed by atoms with E-state index in [0.29, 0.717) is 27.9 Å². The number of sulfone groups is 1. The zero-order valence-corrected chi connectivity index (χ0v) is 17.4. The van der Waals surface area contributed by atoms with Gasteiger partial charge in [-0.05, 0) is 42.3 Å². The molecule has 0 bridgehead atoms. The Morgan fingerprint density at radius 2 is 1.93 bits per heavy atom. The average Bonchev–Trinajstić information content (AvgIpc) is 3.06. The third-order valence-electron chi connectivity index (χ3n) is 4.11. The first-order chi connectivity index (χ1) is 12.7. The molecule has 3 rings (SSSR count). The van der Waals surface area contributed by atoms with Gasteiger partial charge < -0.3 is 0 Å². The van der Waals surface area contributed by atoms with Crippen LogP contribution in [-0.2, 0) is 15.6 Å². The lowest BCUT2D eigenvalue weighted by atomic mass is 10.1. The van der Waals surface area contributed by atoms with Gasteiger partial charge in [-0.15, -0.1) is 0 Å². The van der Waals surface area contributed by atoms with Gasteiger partial charge in [0.05, 0.1) is 11.4 Å². The maximum atomic E-state index is 12.9. The minimum Gasteiger partial charge on any atom is -0.286 e. The highest BCUT2D eigenvalue weighted by Gasteiger charge is 2.27. The summed E-state index contributed by atoms with van der Waals surface area (Å²) in [6, 6.07) is 12.2. The van der Waals surface area contributed by atoms with Gasteiger partial charge in [0.1, 0.15) is 0 Å². The molecule has 0 aliphatic carbocycles. The van der Waals surface area contributed by atoms with Crippen LogP contribution in [0.15, 0.2) is 47.5 Å². The smallest absolute Gasteiger partial charge is 0.259 e. The zero-order chi connectivity index (χ0) is 19.6. The summed E-state index contributed by atoms with van der Waals surface area (Å²) in [7, 11) is -3.11. The number of amidine groups is 1. The van der Waals surface area contributed by atoms with Crippen LogP contribution >= 0.6 is 23.4 Å². The molecule has 0 unspecified atom stereocenters. The van der Waals surface area contributed by atoms with Crippen molar-refractivity contribution in [3.8, 4) is 0 Å². The summed E-state index contributed by atoms with van der Waals surface area (Å²) in [4.78, 5) is 19.2. The molecule has 0 radical (unpaired) electrons. The van der Waals surface area contributed by atoms with Gasteiger partial charge in [-0.1, -0.05) is 41.6 Å². The Labute approximate surface area is 168 Å². The number of benzene rings is 2. The van der Waals surface area contributed by atoms with Crippen LogP contribution in [0.5, 0.6) is 0 Å². The predicted molar refractivity (Wildman–Crippen MR) is 112 cm³/mol. The van der Waals surface area contributed by atoms with E-state index in [1.807, 2.05) is 25.1 Å². The lowest BCUT2D eigenvalue weighted by Crippen LogP contribution is -2.31. The lowest BCUT2D eigenvalue weighted by molar-refractivity contribution is 0.0859. The highest BCUT2D eigenvalue weighted by Crippen LogP contribution is 2.29. The van der Waals surface area contributed by atoms with Crippen LogP contribution in [0.25, 0.3) is 0 Å². The Hall–Kier alpha value is -1.83. The number of nitrogens with zero attached hydrogens (tertiary/aromatic N) is 2. The molecule has 5 nitrogen and oxygen atoms in total. The molecule has 1 aliphatic heterocycles. The minimum atomic E-state index is -3.11. The first-order valence-corrected chi connectivity index (χ1v) is 11.7. The van der Waals surface area contributed by atoms with Crippen molar-refractivity contribution in [3.05, 3.63) is 64.2 Å². The second-order valence-electron chi connectivity index (χ2n) is 6.35. The molecule has 1 fully saturated rings. The van der Waals surface area contributed by atoms with Crippen LogP contribution in [0.1, 0.15) is 21.5 Å². The minimum absolute atomic E-state index is 0.0399. The molecule has 8 heteroatoms. The highest BCUT2D eigenvalue weighted by molar-refractivity contribution is 8.14. The number of rotatable bonds is 4. The van der Waals surface area contributed by atoms with Crippen molar-refractivity contribution in [2.24, 2.45) is 4.99 Å². The molecule has 0 spiro atoms. The fraction of sp³-hybridized carbons (Fsp3) is 0.263. The molecule has 142 valence electrons. The van der Waals surface area contributed by atoms with Crippen LogP contribution < -0.4 is 0 Å². The van der Waals surface area contributed by atoms with Gasteiger partial charge in [0.25, 0.3) is 5.91 Å². The van der Waals surface area contributed by atoms with E-state index in [9.17, 15) is 13.2 Å². The molecule has 1 amide bonds. The zero-order valence-electron chi connectivity index (χ0n) is 15.0. The van der Waals surface area contributed by atoms with Crippen molar-refractivity contribution in [2.45, 2.75) is 12.7 Å². The fourth-order valence-corrected chi connectivity index (χ4v) is 4.62. The maximum Gasteiger partial charge on any atom is 0.259 e. The molecule has 1 saturated heterocycles. The number of amides is 1. The Morgan fingerprint density at radius 1 is 1.22 bits per heavy atom. The summed E-state index contributed by atoms with van der Waals surface area (Å²) in [5, 5.41) is 1.28. The Bertz CT molecular complexity index is 1000. The third-order valence-corrected chi connectivity index (χ3v) is 6.33. The van der Waals surface area contributed by atoms with E-state index in [0.717, 1.165) is 17.0 Å². The first-order valence-electron chi connectivity index (χ1n) is 8.30. The van der Waals surface area contributed by atoms with E-state index in [-0.39, 0.29) is 11.7 Å². The molecule has 1 aliphatic rings. The van der Waals surface area contributed by atoms with E-state index >= 15 is 0 Å². The molecule has 2 aromatic carbocycles. The fourth-order valence-electron chi connectivity index (χ4n) is 2.71. The molecule has 2 aromatic rings. The van der Waals surface area contributed by atoms with E-state index in [2.05, 4.69) is 4.99 Å². The normalized spacial score (nSPS) is 16.1. The van der Waals surface area contributed by atoms with Gasteiger partial charge in [-0.2, -0.15) is 0 Å². The quantitative estimate of drug-likeness (QED) is 0.744. The standard InChI is InChI=1S/C19H19ClN2O3S2/c1-13-16(20)4-3-5-17(13)21-19-22(10-11-26-19)18(23)15-8-6-14(7-9-15)12-27(2,24)25/h3-9H,10-12H2,1-2H3. The molecule has 1 heterocycles. The average molecular weight is 423 g/mol. The van der Waals surface area contributed by atoms with E-state index < -0.39 is 9.84 Å². The van der Waals surface area contributed by atoms with Crippen LogP contribution in [0.3, 0.4) is 0 Å². The van der Waals surface area contributed by atoms with Crippen molar-refractivity contribution < 1.29 is 13.2 Å².